The third-order valence-corrected chi connectivity index (χ3v) is 3.45. The van der Waals surface area contributed by atoms with E-state index in [1.54, 1.807) is 7.11 Å². The van der Waals surface area contributed by atoms with Gasteiger partial charge in [-0.25, -0.2) is 0 Å². The highest BCUT2D eigenvalue weighted by molar-refractivity contribution is 5.43. The highest BCUT2D eigenvalue weighted by Crippen LogP contribution is 2.32. The van der Waals surface area contributed by atoms with Crippen molar-refractivity contribution in [3.8, 4) is 5.75 Å². The summed E-state index contributed by atoms with van der Waals surface area (Å²) in [5.41, 5.74) is 8.87. The van der Waals surface area contributed by atoms with Crippen molar-refractivity contribution in [3.05, 3.63) is 42.0 Å². The van der Waals surface area contributed by atoms with Crippen molar-refractivity contribution in [1.82, 2.24) is 0 Å². The van der Waals surface area contributed by atoms with Crippen molar-refractivity contribution in [1.29, 1.82) is 0 Å². The van der Waals surface area contributed by atoms with Crippen LogP contribution in [0.15, 0.2) is 30.9 Å². The second kappa shape index (κ2) is 4.71. The van der Waals surface area contributed by atoms with Gasteiger partial charge >= 0.3 is 0 Å². The summed E-state index contributed by atoms with van der Waals surface area (Å²) in [6.07, 6.45) is 4.92. The smallest absolute Gasteiger partial charge is 0.122 e. The predicted molar refractivity (Wildman–Crippen MR) is 66.7 cm³/mol. The lowest BCUT2D eigenvalue weighted by molar-refractivity contribution is 0.371. The van der Waals surface area contributed by atoms with E-state index in [9.17, 15) is 0 Å². The van der Waals surface area contributed by atoms with Crippen LogP contribution in [0.4, 0.5) is 0 Å². The van der Waals surface area contributed by atoms with E-state index in [2.05, 4.69) is 18.7 Å². The quantitative estimate of drug-likeness (QED) is 0.789. The Morgan fingerprint density at radius 1 is 1.50 bits per heavy atom. The molecule has 0 saturated carbocycles. The predicted octanol–water partition coefficient (Wildman–Crippen LogP) is 2.31. The average molecular weight is 217 g/mol. The first kappa shape index (κ1) is 11.2. The summed E-state index contributed by atoms with van der Waals surface area (Å²) < 4.78 is 5.38. The molecule has 16 heavy (non-hydrogen) atoms. The molecule has 1 aromatic carbocycles. The van der Waals surface area contributed by atoms with Gasteiger partial charge < -0.3 is 10.5 Å². The number of methoxy groups -OCH3 is 1. The molecular weight excluding hydrogens is 198 g/mol. The fourth-order valence-corrected chi connectivity index (χ4v) is 2.53. The van der Waals surface area contributed by atoms with Crippen LogP contribution in [-0.2, 0) is 12.8 Å². The molecule has 0 radical (unpaired) electrons. The van der Waals surface area contributed by atoms with E-state index in [0.29, 0.717) is 5.92 Å². The molecule has 2 atom stereocenters. The first-order valence-corrected chi connectivity index (χ1v) is 5.77. The number of nitrogens with two attached hydrogens (primary N) is 1. The van der Waals surface area contributed by atoms with E-state index < -0.39 is 0 Å². The lowest BCUT2D eigenvalue weighted by Gasteiger charge is -2.30. The Balaban J connectivity index is 2.30. The molecule has 0 saturated heterocycles. The van der Waals surface area contributed by atoms with Gasteiger partial charge in [0.2, 0.25) is 0 Å². The Kier molecular flexibility index (Phi) is 3.30. The molecule has 0 heterocycles. The Hall–Kier alpha value is -1.28. The van der Waals surface area contributed by atoms with E-state index in [0.717, 1.165) is 25.0 Å². The summed E-state index contributed by atoms with van der Waals surface area (Å²) in [6.45, 7) is 3.80. The molecular formula is C14H19NO. The van der Waals surface area contributed by atoms with Crippen LogP contribution < -0.4 is 10.5 Å². The van der Waals surface area contributed by atoms with Crippen LogP contribution in [0.25, 0.3) is 0 Å². The molecule has 1 aromatic rings. The largest absolute Gasteiger partial charge is 0.496 e. The van der Waals surface area contributed by atoms with Crippen molar-refractivity contribution < 1.29 is 4.74 Å². The Bertz CT molecular complexity index is 386. The van der Waals surface area contributed by atoms with Gasteiger partial charge in [-0.15, -0.1) is 6.58 Å². The van der Waals surface area contributed by atoms with Gasteiger partial charge in [0, 0.05) is 6.04 Å². The summed E-state index contributed by atoms with van der Waals surface area (Å²) in [7, 11) is 1.72. The van der Waals surface area contributed by atoms with Gasteiger partial charge in [-0.05, 0) is 42.4 Å². The van der Waals surface area contributed by atoms with Gasteiger partial charge in [-0.3, -0.25) is 0 Å². The van der Waals surface area contributed by atoms with Crippen molar-refractivity contribution in [2.24, 2.45) is 11.7 Å². The van der Waals surface area contributed by atoms with Gasteiger partial charge in [-0.2, -0.15) is 0 Å². The van der Waals surface area contributed by atoms with Crippen LogP contribution >= 0.6 is 0 Å². The molecule has 2 N–H and O–H groups in total. The topological polar surface area (TPSA) is 35.2 Å². The highest BCUT2D eigenvalue weighted by atomic mass is 16.5. The molecule has 0 spiro atoms. The summed E-state index contributed by atoms with van der Waals surface area (Å²) in [6, 6.07) is 6.47. The molecule has 1 aliphatic carbocycles. The summed E-state index contributed by atoms with van der Waals surface area (Å²) in [5.74, 6) is 1.50. The van der Waals surface area contributed by atoms with E-state index >= 15 is 0 Å². The van der Waals surface area contributed by atoms with Crippen LogP contribution in [0.3, 0.4) is 0 Å². The summed E-state index contributed by atoms with van der Waals surface area (Å²) >= 11 is 0. The molecule has 0 aromatic heterocycles. The van der Waals surface area contributed by atoms with E-state index in [4.69, 9.17) is 10.5 Å². The van der Waals surface area contributed by atoms with Crippen LogP contribution in [0, 0.1) is 5.92 Å². The van der Waals surface area contributed by atoms with E-state index in [-0.39, 0.29) is 6.04 Å². The molecule has 0 amide bonds. The Labute approximate surface area is 97.1 Å². The zero-order valence-corrected chi connectivity index (χ0v) is 9.78. The maximum atomic E-state index is 6.20. The average Bonchev–Trinajstić information content (AvgIpc) is 2.30. The van der Waals surface area contributed by atoms with Gasteiger partial charge in [0.25, 0.3) is 0 Å². The molecule has 2 rings (SSSR count). The van der Waals surface area contributed by atoms with Crippen LogP contribution in [0.5, 0.6) is 5.75 Å². The number of hydrogen-bond acceptors (Lipinski definition) is 2. The number of benzene rings is 1. The van der Waals surface area contributed by atoms with Gasteiger partial charge in [0.1, 0.15) is 5.75 Å². The zero-order chi connectivity index (χ0) is 11.5. The lowest BCUT2D eigenvalue weighted by atomic mass is 9.78. The highest BCUT2D eigenvalue weighted by Gasteiger charge is 2.26. The minimum Gasteiger partial charge on any atom is -0.496 e. The van der Waals surface area contributed by atoms with Crippen molar-refractivity contribution in [3.63, 3.8) is 0 Å². The molecule has 86 valence electrons. The fourth-order valence-electron chi connectivity index (χ4n) is 2.53. The Morgan fingerprint density at radius 3 is 3.00 bits per heavy atom. The van der Waals surface area contributed by atoms with E-state index in [1.807, 2.05) is 12.1 Å². The lowest BCUT2D eigenvalue weighted by Crippen LogP contribution is -2.37. The van der Waals surface area contributed by atoms with E-state index in [1.165, 1.54) is 11.1 Å². The maximum Gasteiger partial charge on any atom is 0.122 e. The normalized spacial score (nSPS) is 23.6. The SMILES string of the molecule is C=CC[C@H]1Cc2cccc(OC)c2C[C@H]1N. The molecule has 0 aliphatic heterocycles. The number of rotatable bonds is 3. The maximum absolute atomic E-state index is 6.20. The molecule has 2 nitrogen and oxygen atoms in total. The van der Waals surface area contributed by atoms with Crippen LogP contribution in [0.2, 0.25) is 0 Å². The second-order valence-corrected chi connectivity index (χ2v) is 4.45. The molecule has 0 fully saturated rings. The third kappa shape index (κ3) is 1.98. The zero-order valence-electron chi connectivity index (χ0n) is 9.78. The number of allylic oxidation sites excluding steroid dienone is 1. The van der Waals surface area contributed by atoms with Crippen molar-refractivity contribution >= 4 is 0 Å². The van der Waals surface area contributed by atoms with Crippen LogP contribution in [-0.4, -0.2) is 13.2 Å². The fraction of sp³-hybridized carbons (Fsp3) is 0.429. The second-order valence-electron chi connectivity index (χ2n) is 4.45. The third-order valence-electron chi connectivity index (χ3n) is 3.45. The molecule has 2 heteroatoms. The van der Waals surface area contributed by atoms with Gasteiger partial charge in [0.05, 0.1) is 7.11 Å². The molecule has 1 aliphatic rings. The minimum absolute atomic E-state index is 0.224. The standard InChI is InChI=1S/C14H19NO/c1-3-5-11-8-10-6-4-7-14(16-2)12(10)9-13(11)15/h3-4,6-7,11,13H,1,5,8-9,15H2,2H3/t11-,13+/m0/s1. The van der Waals surface area contributed by atoms with Crippen LogP contribution in [0.1, 0.15) is 17.5 Å². The van der Waals surface area contributed by atoms with Crippen molar-refractivity contribution in [2.75, 3.05) is 7.11 Å². The first-order valence-electron chi connectivity index (χ1n) is 5.77. The number of hydrogen-bond donors (Lipinski definition) is 1. The number of fused-ring (bicyclic) bond motifs is 1. The Morgan fingerprint density at radius 2 is 2.31 bits per heavy atom. The number of ether oxygens (including phenoxy) is 1. The van der Waals surface area contributed by atoms with Gasteiger partial charge in [0.15, 0.2) is 0 Å². The minimum atomic E-state index is 0.224. The summed E-state index contributed by atoms with van der Waals surface area (Å²) in [5, 5.41) is 0. The summed E-state index contributed by atoms with van der Waals surface area (Å²) in [4.78, 5) is 0. The monoisotopic (exact) mass is 217 g/mol. The molecule has 0 bridgehead atoms. The first-order chi connectivity index (χ1) is 7.76. The van der Waals surface area contributed by atoms with Gasteiger partial charge in [-0.1, -0.05) is 18.2 Å². The molecule has 0 unspecified atom stereocenters. The van der Waals surface area contributed by atoms with Crippen molar-refractivity contribution in [2.45, 2.75) is 25.3 Å².